The van der Waals surface area contributed by atoms with Gasteiger partial charge >= 0.3 is 0 Å². The van der Waals surface area contributed by atoms with Crippen molar-refractivity contribution in [3.8, 4) is 0 Å². The molecule has 0 bridgehead atoms. The maximum Gasteiger partial charge on any atom is 0.0595 e. The molecule has 0 radical (unpaired) electrons. The van der Waals surface area contributed by atoms with Gasteiger partial charge in [-0.25, -0.2) is 0 Å². The van der Waals surface area contributed by atoms with Crippen LogP contribution in [-0.2, 0) is 6.42 Å². The third-order valence-corrected chi connectivity index (χ3v) is 4.40. The number of nitrogens with two attached hydrogens (primary N) is 1. The Bertz CT molecular complexity index is 395. The molecule has 0 aromatic heterocycles. The van der Waals surface area contributed by atoms with Crippen molar-refractivity contribution < 1.29 is 0 Å². The third kappa shape index (κ3) is 2.94. The molecular formula is C13H18Cl2N2. The highest BCUT2D eigenvalue weighted by molar-refractivity contribution is 6.42. The average molecular weight is 273 g/mol. The lowest BCUT2D eigenvalue weighted by Gasteiger charge is -2.21. The van der Waals surface area contributed by atoms with Crippen molar-refractivity contribution in [3.05, 3.63) is 33.8 Å². The highest BCUT2D eigenvalue weighted by atomic mass is 35.5. The van der Waals surface area contributed by atoms with Crippen LogP contribution in [0.15, 0.2) is 18.2 Å². The summed E-state index contributed by atoms with van der Waals surface area (Å²) in [7, 11) is 0. The molecule has 94 valence electrons. The zero-order valence-electron chi connectivity index (χ0n) is 9.92. The Balaban J connectivity index is 2.11. The highest BCUT2D eigenvalue weighted by Crippen LogP contribution is 2.28. The SMILES string of the molecule is C[C@@H]1CN[C@@H](CN)C1Cc1ccc(Cl)c(Cl)c1. The van der Waals surface area contributed by atoms with Gasteiger partial charge in [0.25, 0.3) is 0 Å². The Morgan fingerprint density at radius 1 is 1.35 bits per heavy atom. The fourth-order valence-corrected chi connectivity index (χ4v) is 2.90. The van der Waals surface area contributed by atoms with E-state index in [-0.39, 0.29) is 0 Å². The van der Waals surface area contributed by atoms with E-state index in [9.17, 15) is 0 Å². The van der Waals surface area contributed by atoms with E-state index >= 15 is 0 Å². The number of benzene rings is 1. The normalized spacial score (nSPS) is 28.6. The molecule has 1 aliphatic heterocycles. The van der Waals surface area contributed by atoms with Crippen LogP contribution in [0.25, 0.3) is 0 Å². The number of hydrogen-bond acceptors (Lipinski definition) is 2. The van der Waals surface area contributed by atoms with Crippen LogP contribution < -0.4 is 11.1 Å². The lowest BCUT2D eigenvalue weighted by molar-refractivity contribution is 0.383. The minimum absolute atomic E-state index is 0.416. The van der Waals surface area contributed by atoms with Gasteiger partial charge in [0.2, 0.25) is 0 Å². The summed E-state index contributed by atoms with van der Waals surface area (Å²) in [5, 5.41) is 4.71. The molecular weight excluding hydrogens is 255 g/mol. The van der Waals surface area contributed by atoms with Gasteiger partial charge in [0.15, 0.2) is 0 Å². The fourth-order valence-electron chi connectivity index (χ4n) is 2.58. The fraction of sp³-hybridized carbons (Fsp3) is 0.538. The van der Waals surface area contributed by atoms with E-state index in [1.807, 2.05) is 18.2 Å². The largest absolute Gasteiger partial charge is 0.329 e. The van der Waals surface area contributed by atoms with E-state index in [1.165, 1.54) is 5.56 Å². The van der Waals surface area contributed by atoms with E-state index < -0.39 is 0 Å². The molecule has 0 spiro atoms. The van der Waals surface area contributed by atoms with Crippen LogP contribution in [-0.4, -0.2) is 19.1 Å². The lowest BCUT2D eigenvalue weighted by atomic mass is 9.86. The van der Waals surface area contributed by atoms with E-state index in [0.717, 1.165) is 13.0 Å². The molecule has 2 nitrogen and oxygen atoms in total. The number of nitrogens with one attached hydrogen (secondary N) is 1. The van der Waals surface area contributed by atoms with Crippen LogP contribution in [0.3, 0.4) is 0 Å². The van der Waals surface area contributed by atoms with Crippen molar-refractivity contribution >= 4 is 23.2 Å². The number of hydrogen-bond donors (Lipinski definition) is 2. The molecule has 1 saturated heterocycles. The Morgan fingerprint density at radius 3 is 2.76 bits per heavy atom. The lowest BCUT2D eigenvalue weighted by Crippen LogP contribution is -2.36. The van der Waals surface area contributed by atoms with Crippen molar-refractivity contribution in [3.63, 3.8) is 0 Å². The summed E-state index contributed by atoms with van der Waals surface area (Å²) in [4.78, 5) is 0. The Hall–Kier alpha value is -0.280. The van der Waals surface area contributed by atoms with Gasteiger partial charge in [0.1, 0.15) is 0 Å². The van der Waals surface area contributed by atoms with Crippen molar-refractivity contribution in [2.24, 2.45) is 17.6 Å². The average Bonchev–Trinajstić information content (AvgIpc) is 2.65. The molecule has 1 unspecified atom stereocenters. The van der Waals surface area contributed by atoms with Crippen molar-refractivity contribution in [2.75, 3.05) is 13.1 Å². The first-order chi connectivity index (χ1) is 8.11. The van der Waals surface area contributed by atoms with E-state index in [4.69, 9.17) is 28.9 Å². The monoisotopic (exact) mass is 272 g/mol. The molecule has 4 heteroatoms. The van der Waals surface area contributed by atoms with Crippen molar-refractivity contribution in [1.82, 2.24) is 5.32 Å². The molecule has 1 fully saturated rings. The summed E-state index contributed by atoms with van der Waals surface area (Å²) in [6.45, 7) is 4.01. The standard InChI is InChI=1S/C13H18Cl2N2/c1-8-7-17-13(6-16)10(8)4-9-2-3-11(14)12(15)5-9/h2-3,5,8,10,13,17H,4,6-7,16H2,1H3/t8-,10?,13+/m1/s1. The first-order valence-electron chi connectivity index (χ1n) is 5.99. The van der Waals surface area contributed by atoms with Gasteiger partial charge < -0.3 is 11.1 Å². The first-order valence-corrected chi connectivity index (χ1v) is 6.74. The topological polar surface area (TPSA) is 38.0 Å². The van der Waals surface area contributed by atoms with Crippen LogP contribution >= 0.6 is 23.2 Å². The van der Waals surface area contributed by atoms with Crippen LogP contribution in [0.2, 0.25) is 10.0 Å². The second-order valence-corrected chi connectivity index (χ2v) is 5.66. The highest BCUT2D eigenvalue weighted by Gasteiger charge is 2.31. The van der Waals surface area contributed by atoms with Gasteiger partial charge in [-0.05, 0) is 42.5 Å². The maximum absolute atomic E-state index is 6.03. The van der Waals surface area contributed by atoms with Crippen molar-refractivity contribution in [1.29, 1.82) is 0 Å². The van der Waals surface area contributed by atoms with E-state index in [1.54, 1.807) is 0 Å². The van der Waals surface area contributed by atoms with Crippen molar-refractivity contribution in [2.45, 2.75) is 19.4 Å². The van der Waals surface area contributed by atoms with Gasteiger partial charge in [0.05, 0.1) is 10.0 Å². The Morgan fingerprint density at radius 2 is 2.12 bits per heavy atom. The summed E-state index contributed by atoms with van der Waals surface area (Å²) in [6.07, 6.45) is 1.01. The molecule has 3 N–H and O–H groups in total. The molecule has 0 aliphatic carbocycles. The van der Waals surface area contributed by atoms with Gasteiger partial charge in [-0.1, -0.05) is 36.2 Å². The molecule has 3 atom stereocenters. The smallest absolute Gasteiger partial charge is 0.0595 e. The van der Waals surface area contributed by atoms with Gasteiger partial charge in [-0.2, -0.15) is 0 Å². The minimum Gasteiger partial charge on any atom is -0.329 e. The minimum atomic E-state index is 0.416. The van der Waals surface area contributed by atoms with Crippen LogP contribution in [0, 0.1) is 11.8 Å². The summed E-state index contributed by atoms with van der Waals surface area (Å²) in [5.74, 6) is 1.23. The molecule has 0 saturated carbocycles. The second kappa shape index (κ2) is 5.57. The molecule has 2 rings (SSSR count). The maximum atomic E-state index is 6.03. The summed E-state index contributed by atoms with van der Waals surface area (Å²) >= 11 is 12.0. The first kappa shape index (κ1) is 13.2. The Kier molecular flexibility index (Phi) is 4.31. The van der Waals surface area contributed by atoms with E-state index in [0.29, 0.717) is 34.5 Å². The summed E-state index contributed by atoms with van der Waals surface area (Å²) < 4.78 is 0. The predicted octanol–water partition coefficient (Wildman–Crippen LogP) is 2.72. The predicted molar refractivity (Wildman–Crippen MR) is 73.7 cm³/mol. The Labute approximate surface area is 112 Å². The molecule has 1 aromatic carbocycles. The second-order valence-electron chi connectivity index (χ2n) is 4.84. The van der Waals surface area contributed by atoms with Crippen LogP contribution in [0.5, 0.6) is 0 Å². The van der Waals surface area contributed by atoms with E-state index in [2.05, 4.69) is 12.2 Å². The van der Waals surface area contributed by atoms with Gasteiger partial charge in [-0.15, -0.1) is 0 Å². The van der Waals surface area contributed by atoms with Gasteiger partial charge in [0, 0.05) is 12.6 Å². The quantitative estimate of drug-likeness (QED) is 0.888. The molecule has 17 heavy (non-hydrogen) atoms. The zero-order valence-corrected chi connectivity index (χ0v) is 11.4. The summed E-state index contributed by atoms with van der Waals surface area (Å²) in [6, 6.07) is 6.29. The van der Waals surface area contributed by atoms with Crippen LogP contribution in [0.4, 0.5) is 0 Å². The molecule has 1 heterocycles. The third-order valence-electron chi connectivity index (χ3n) is 3.66. The van der Waals surface area contributed by atoms with Gasteiger partial charge in [-0.3, -0.25) is 0 Å². The number of halogens is 2. The van der Waals surface area contributed by atoms with Crippen LogP contribution in [0.1, 0.15) is 12.5 Å². The summed E-state index contributed by atoms with van der Waals surface area (Å²) in [5.41, 5.74) is 7.02. The molecule has 1 aromatic rings. The zero-order chi connectivity index (χ0) is 12.4. The number of rotatable bonds is 3. The molecule has 1 aliphatic rings. The molecule has 0 amide bonds.